The molecule has 1 atom stereocenters. The summed E-state index contributed by atoms with van der Waals surface area (Å²) in [4.78, 5) is 14.8. The summed E-state index contributed by atoms with van der Waals surface area (Å²) >= 11 is 1.89. The molecule has 0 aliphatic rings. The Labute approximate surface area is 118 Å². The van der Waals surface area contributed by atoms with Crippen molar-refractivity contribution in [3.63, 3.8) is 0 Å². The van der Waals surface area contributed by atoms with E-state index in [-0.39, 0.29) is 12.0 Å². The summed E-state index contributed by atoms with van der Waals surface area (Å²) < 4.78 is 0. The second-order valence-electron chi connectivity index (χ2n) is 6.09. The van der Waals surface area contributed by atoms with Crippen LogP contribution in [0.5, 0.6) is 0 Å². The fourth-order valence-electron chi connectivity index (χ4n) is 2.30. The van der Waals surface area contributed by atoms with E-state index in [2.05, 4.69) is 46.4 Å². The Hall–Kier alpha value is -0.0200. The molecule has 0 bridgehead atoms. The molecule has 1 unspecified atom stereocenters. The predicted molar refractivity (Wildman–Crippen MR) is 83.3 cm³/mol. The van der Waals surface area contributed by atoms with Gasteiger partial charge in [-0.3, -0.25) is 9.69 Å². The van der Waals surface area contributed by atoms with E-state index in [1.807, 2.05) is 25.6 Å². The van der Waals surface area contributed by atoms with Gasteiger partial charge in [-0.25, -0.2) is 0 Å². The first-order valence-corrected chi connectivity index (χ1v) is 8.16. The molecule has 18 heavy (non-hydrogen) atoms. The van der Waals surface area contributed by atoms with Crippen molar-refractivity contribution >= 4 is 17.5 Å². The molecule has 0 heterocycles. The maximum absolute atomic E-state index is 12.5. The number of hydrogen-bond donors (Lipinski definition) is 0. The van der Waals surface area contributed by atoms with Crippen molar-refractivity contribution in [2.75, 3.05) is 5.75 Å². The molecule has 0 spiro atoms. The highest BCUT2D eigenvalue weighted by atomic mass is 32.2. The first-order chi connectivity index (χ1) is 8.18. The van der Waals surface area contributed by atoms with E-state index in [0.29, 0.717) is 23.1 Å². The van der Waals surface area contributed by atoms with Crippen molar-refractivity contribution in [3.8, 4) is 0 Å². The Kier molecular flexibility index (Phi) is 8.20. The SMILES string of the molecule is CC(C)SCC(C(=O)C(C)C)N(C(C)C)C(C)C. The fourth-order valence-corrected chi connectivity index (χ4v) is 3.20. The predicted octanol–water partition coefficient (Wildman–Crippen LogP) is 3.84. The molecule has 0 amide bonds. The van der Waals surface area contributed by atoms with Crippen LogP contribution >= 0.6 is 11.8 Å². The minimum atomic E-state index is 0.0531. The van der Waals surface area contributed by atoms with Gasteiger partial charge in [-0.05, 0) is 32.9 Å². The smallest absolute Gasteiger partial charge is 0.153 e. The van der Waals surface area contributed by atoms with E-state index < -0.39 is 0 Å². The van der Waals surface area contributed by atoms with Crippen LogP contribution in [-0.2, 0) is 4.79 Å². The second-order valence-corrected chi connectivity index (χ2v) is 7.70. The molecule has 0 aliphatic heterocycles. The average molecular weight is 273 g/mol. The average Bonchev–Trinajstić information content (AvgIpc) is 2.21. The first-order valence-electron chi connectivity index (χ1n) is 7.11. The van der Waals surface area contributed by atoms with Crippen LogP contribution in [0.2, 0.25) is 0 Å². The van der Waals surface area contributed by atoms with Crippen LogP contribution in [0.1, 0.15) is 55.4 Å². The third-order valence-electron chi connectivity index (χ3n) is 3.04. The fraction of sp³-hybridized carbons (Fsp3) is 0.933. The van der Waals surface area contributed by atoms with Gasteiger partial charge in [0.25, 0.3) is 0 Å². The highest BCUT2D eigenvalue weighted by Gasteiger charge is 2.31. The lowest BCUT2D eigenvalue weighted by atomic mass is 9.99. The zero-order valence-corrected chi connectivity index (χ0v) is 14.2. The van der Waals surface area contributed by atoms with Crippen molar-refractivity contribution < 1.29 is 4.79 Å². The molecule has 108 valence electrons. The number of Topliss-reactive ketones (excluding diaryl/α,β-unsaturated/α-hetero) is 1. The topological polar surface area (TPSA) is 20.3 Å². The molecule has 0 aliphatic carbocycles. The number of hydrogen-bond acceptors (Lipinski definition) is 3. The Morgan fingerprint density at radius 1 is 0.944 bits per heavy atom. The summed E-state index contributed by atoms with van der Waals surface area (Å²) in [5, 5.41) is 0.577. The van der Waals surface area contributed by atoms with E-state index in [1.54, 1.807) is 0 Å². The van der Waals surface area contributed by atoms with Gasteiger partial charge in [0.05, 0.1) is 6.04 Å². The molecule has 2 nitrogen and oxygen atoms in total. The van der Waals surface area contributed by atoms with Gasteiger partial charge in [-0.1, -0.05) is 27.7 Å². The Morgan fingerprint density at radius 2 is 1.39 bits per heavy atom. The van der Waals surface area contributed by atoms with Gasteiger partial charge >= 0.3 is 0 Å². The number of carbonyl (C=O) groups is 1. The molecule has 0 rings (SSSR count). The third-order valence-corrected chi connectivity index (χ3v) is 4.21. The summed E-state index contributed by atoms with van der Waals surface area (Å²) in [5.41, 5.74) is 0. The van der Waals surface area contributed by atoms with E-state index in [1.165, 1.54) is 0 Å². The number of nitrogens with zero attached hydrogens (tertiary/aromatic N) is 1. The molecule has 0 aromatic carbocycles. The van der Waals surface area contributed by atoms with Crippen molar-refractivity contribution in [3.05, 3.63) is 0 Å². The van der Waals surface area contributed by atoms with Crippen LogP contribution in [0.3, 0.4) is 0 Å². The normalized spacial score (nSPS) is 14.3. The maximum Gasteiger partial charge on any atom is 0.153 e. The zero-order chi connectivity index (χ0) is 14.5. The summed E-state index contributed by atoms with van der Waals surface area (Å²) in [6.45, 7) is 17.1. The highest BCUT2D eigenvalue weighted by Crippen LogP contribution is 2.21. The summed E-state index contributed by atoms with van der Waals surface area (Å²) in [7, 11) is 0. The van der Waals surface area contributed by atoms with Gasteiger partial charge in [-0.2, -0.15) is 11.8 Å². The third kappa shape index (κ3) is 5.75. The van der Waals surface area contributed by atoms with E-state index in [9.17, 15) is 4.79 Å². The molecular formula is C15H31NOS. The minimum absolute atomic E-state index is 0.0531. The van der Waals surface area contributed by atoms with Gasteiger partial charge in [0.2, 0.25) is 0 Å². The Balaban J connectivity index is 4.98. The van der Waals surface area contributed by atoms with E-state index >= 15 is 0 Å². The lowest BCUT2D eigenvalue weighted by molar-refractivity contribution is -0.128. The number of carbonyl (C=O) groups excluding carboxylic acids is 1. The van der Waals surface area contributed by atoms with E-state index in [0.717, 1.165) is 5.75 Å². The van der Waals surface area contributed by atoms with E-state index in [4.69, 9.17) is 0 Å². The van der Waals surface area contributed by atoms with Crippen LogP contribution in [0.4, 0.5) is 0 Å². The summed E-state index contributed by atoms with van der Waals surface area (Å²) in [5.74, 6) is 1.40. The molecule has 0 saturated heterocycles. The van der Waals surface area contributed by atoms with Gasteiger partial charge in [0.15, 0.2) is 5.78 Å². The quantitative estimate of drug-likeness (QED) is 0.670. The standard InChI is InChI=1S/C15H31NOS/c1-10(2)15(17)14(9-18-13(7)8)16(11(3)4)12(5)6/h10-14H,9H2,1-8H3. The molecule has 0 fully saturated rings. The maximum atomic E-state index is 12.5. The molecule has 3 heteroatoms. The molecule has 0 aromatic heterocycles. The monoisotopic (exact) mass is 273 g/mol. The van der Waals surface area contributed by atoms with Gasteiger partial charge in [0, 0.05) is 23.8 Å². The summed E-state index contributed by atoms with van der Waals surface area (Å²) in [6.07, 6.45) is 0. The van der Waals surface area contributed by atoms with Crippen LogP contribution in [0.15, 0.2) is 0 Å². The highest BCUT2D eigenvalue weighted by molar-refractivity contribution is 7.99. The van der Waals surface area contributed by atoms with Crippen LogP contribution in [0, 0.1) is 5.92 Å². The van der Waals surface area contributed by atoms with Crippen molar-refractivity contribution in [1.82, 2.24) is 4.90 Å². The minimum Gasteiger partial charge on any atom is -0.298 e. The molecule has 0 saturated carbocycles. The number of ketones is 1. The summed E-state index contributed by atoms with van der Waals surface area (Å²) in [6, 6.07) is 0.869. The molecule has 0 radical (unpaired) electrons. The number of rotatable bonds is 8. The Bertz CT molecular complexity index is 241. The van der Waals surface area contributed by atoms with Gasteiger partial charge in [-0.15, -0.1) is 0 Å². The Morgan fingerprint density at radius 3 is 1.67 bits per heavy atom. The van der Waals surface area contributed by atoms with Gasteiger partial charge in [0.1, 0.15) is 0 Å². The lowest BCUT2D eigenvalue weighted by Gasteiger charge is -2.38. The van der Waals surface area contributed by atoms with Crippen molar-refractivity contribution in [2.24, 2.45) is 5.92 Å². The molecule has 0 aromatic rings. The van der Waals surface area contributed by atoms with Crippen LogP contribution < -0.4 is 0 Å². The zero-order valence-electron chi connectivity index (χ0n) is 13.4. The molecular weight excluding hydrogens is 242 g/mol. The van der Waals surface area contributed by atoms with Gasteiger partial charge < -0.3 is 0 Å². The second kappa shape index (κ2) is 8.21. The van der Waals surface area contributed by atoms with Crippen molar-refractivity contribution in [2.45, 2.75) is 78.8 Å². The first kappa shape index (κ1) is 18.0. The van der Waals surface area contributed by atoms with Crippen LogP contribution in [-0.4, -0.2) is 39.8 Å². The largest absolute Gasteiger partial charge is 0.298 e. The molecule has 0 N–H and O–H groups in total. The number of thioether (sulfide) groups is 1. The van der Waals surface area contributed by atoms with Crippen molar-refractivity contribution in [1.29, 1.82) is 0 Å². The lowest BCUT2D eigenvalue weighted by Crippen LogP contribution is -2.51. The van der Waals surface area contributed by atoms with Crippen LogP contribution in [0.25, 0.3) is 0 Å².